The number of halogens is 1. The second-order valence-corrected chi connectivity index (χ2v) is 7.66. The molecule has 2 aromatic rings. The van der Waals surface area contributed by atoms with Gasteiger partial charge in [-0.3, -0.25) is 4.90 Å². The summed E-state index contributed by atoms with van der Waals surface area (Å²) in [7, 11) is 0. The minimum atomic E-state index is -0.0623. The maximum Gasteiger partial charge on any atom is 0.321 e. The number of anilines is 1. The SMILES string of the molecule is Cc1ncc(CN2CCCN(C(=O)Nc3cccc(Cl)c3)CC2)s1. The third-order valence-electron chi connectivity index (χ3n) is 4.00. The second kappa shape index (κ2) is 7.96. The Morgan fingerprint density at radius 2 is 2.21 bits per heavy atom. The summed E-state index contributed by atoms with van der Waals surface area (Å²) in [4.78, 5) is 22.3. The Hall–Kier alpha value is -1.63. The van der Waals surface area contributed by atoms with Crippen LogP contribution in [-0.2, 0) is 6.54 Å². The Kier molecular flexibility index (Phi) is 5.71. The fourth-order valence-electron chi connectivity index (χ4n) is 2.80. The van der Waals surface area contributed by atoms with Crippen molar-refractivity contribution in [3.63, 3.8) is 0 Å². The van der Waals surface area contributed by atoms with Crippen molar-refractivity contribution in [1.29, 1.82) is 0 Å². The standard InChI is InChI=1S/C17H21ClN4OS/c1-13-19-11-16(24-13)12-21-6-3-7-22(9-8-21)17(23)20-15-5-2-4-14(18)10-15/h2,4-5,10-11H,3,6-9,12H2,1H3,(H,20,23). The monoisotopic (exact) mass is 364 g/mol. The zero-order valence-electron chi connectivity index (χ0n) is 13.7. The molecule has 1 fully saturated rings. The highest BCUT2D eigenvalue weighted by atomic mass is 35.5. The van der Waals surface area contributed by atoms with Crippen LogP contribution in [0.5, 0.6) is 0 Å². The summed E-state index contributed by atoms with van der Waals surface area (Å²) in [5.74, 6) is 0. The van der Waals surface area contributed by atoms with Crippen molar-refractivity contribution >= 4 is 34.7 Å². The van der Waals surface area contributed by atoms with E-state index in [-0.39, 0.29) is 6.03 Å². The largest absolute Gasteiger partial charge is 0.323 e. The highest BCUT2D eigenvalue weighted by Gasteiger charge is 2.19. The summed E-state index contributed by atoms with van der Waals surface area (Å²) < 4.78 is 0. The summed E-state index contributed by atoms with van der Waals surface area (Å²) >= 11 is 7.70. The normalized spacial score (nSPS) is 16.0. The molecule has 7 heteroatoms. The van der Waals surface area contributed by atoms with Crippen LogP contribution in [0.15, 0.2) is 30.5 Å². The fraction of sp³-hybridized carbons (Fsp3) is 0.412. The van der Waals surface area contributed by atoms with E-state index in [0.717, 1.165) is 49.8 Å². The van der Waals surface area contributed by atoms with Gasteiger partial charge in [-0.25, -0.2) is 9.78 Å². The molecule has 1 aliphatic rings. The maximum atomic E-state index is 12.4. The van der Waals surface area contributed by atoms with E-state index >= 15 is 0 Å². The van der Waals surface area contributed by atoms with Gasteiger partial charge in [0.05, 0.1) is 5.01 Å². The van der Waals surface area contributed by atoms with Gasteiger partial charge in [-0.15, -0.1) is 11.3 Å². The first-order valence-corrected chi connectivity index (χ1v) is 9.25. The fourth-order valence-corrected chi connectivity index (χ4v) is 3.83. The van der Waals surface area contributed by atoms with Crippen molar-refractivity contribution in [2.24, 2.45) is 0 Å². The van der Waals surface area contributed by atoms with Crippen LogP contribution in [0.4, 0.5) is 10.5 Å². The number of nitrogens with one attached hydrogen (secondary N) is 1. The van der Waals surface area contributed by atoms with Crippen molar-refractivity contribution < 1.29 is 4.79 Å². The molecule has 5 nitrogen and oxygen atoms in total. The average molecular weight is 365 g/mol. The quantitative estimate of drug-likeness (QED) is 0.900. The molecule has 0 unspecified atom stereocenters. The molecule has 2 amide bonds. The first-order valence-electron chi connectivity index (χ1n) is 8.05. The van der Waals surface area contributed by atoms with Crippen LogP contribution in [0.1, 0.15) is 16.3 Å². The van der Waals surface area contributed by atoms with Crippen LogP contribution >= 0.6 is 22.9 Å². The first kappa shape index (κ1) is 17.2. The molecule has 0 spiro atoms. The smallest absolute Gasteiger partial charge is 0.321 e. The molecule has 0 bridgehead atoms. The van der Waals surface area contributed by atoms with Gasteiger partial charge in [-0.1, -0.05) is 17.7 Å². The third kappa shape index (κ3) is 4.69. The number of aromatic nitrogens is 1. The van der Waals surface area contributed by atoms with Gasteiger partial charge in [-0.2, -0.15) is 0 Å². The number of amides is 2. The summed E-state index contributed by atoms with van der Waals surface area (Å²) in [6.07, 6.45) is 2.93. The van der Waals surface area contributed by atoms with E-state index in [1.54, 1.807) is 23.5 Å². The van der Waals surface area contributed by atoms with Crippen LogP contribution < -0.4 is 5.32 Å². The molecule has 24 heavy (non-hydrogen) atoms. The third-order valence-corrected chi connectivity index (χ3v) is 5.13. The molecule has 0 atom stereocenters. The van der Waals surface area contributed by atoms with Gasteiger partial charge in [0.1, 0.15) is 0 Å². The molecule has 1 N–H and O–H groups in total. The molecule has 0 aliphatic carbocycles. The Balaban J connectivity index is 1.53. The topological polar surface area (TPSA) is 48.5 Å². The molecule has 0 radical (unpaired) electrons. The maximum absolute atomic E-state index is 12.4. The molecular formula is C17H21ClN4OS. The number of urea groups is 1. The van der Waals surface area contributed by atoms with Gasteiger partial charge in [0.25, 0.3) is 0 Å². The van der Waals surface area contributed by atoms with Gasteiger partial charge < -0.3 is 10.2 Å². The van der Waals surface area contributed by atoms with E-state index in [4.69, 9.17) is 11.6 Å². The summed E-state index contributed by atoms with van der Waals surface area (Å²) in [5.41, 5.74) is 0.730. The predicted molar refractivity (Wildman–Crippen MR) is 98.8 cm³/mol. The van der Waals surface area contributed by atoms with Crippen LogP contribution in [0, 0.1) is 6.92 Å². The minimum Gasteiger partial charge on any atom is -0.323 e. The predicted octanol–water partition coefficient (Wildman–Crippen LogP) is 3.84. The van der Waals surface area contributed by atoms with Crippen LogP contribution in [0.25, 0.3) is 0 Å². The van der Waals surface area contributed by atoms with Crippen LogP contribution in [-0.4, -0.2) is 47.0 Å². The van der Waals surface area contributed by atoms with E-state index in [0.29, 0.717) is 5.02 Å². The number of nitrogens with zero attached hydrogens (tertiary/aromatic N) is 3. The lowest BCUT2D eigenvalue weighted by atomic mass is 10.3. The van der Waals surface area contributed by atoms with Gasteiger partial charge in [0.2, 0.25) is 0 Å². The lowest BCUT2D eigenvalue weighted by Crippen LogP contribution is -2.37. The Morgan fingerprint density at radius 3 is 2.96 bits per heavy atom. The lowest BCUT2D eigenvalue weighted by molar-refractivity contribution is 0.211. The molecule has 128 valence electrons. The molecular weight excluding hydrogens is 344 g/mol. The Morgan fingerprint density at radius 1 is 1.33 bits per heavy atom. The van der Waals surface area contributed by atoms with E-state index in [9.17, 15) is 4.79 Å². The molecule has 2 heterocycles. The van der Waals surface area contributed by atoms with E-state index in [2.05, 4.69) is 15.2 Å². The summed E-state index contributed by atoms with van der Waals surface area (Å²) in [6, 6.07) is 7.17. The Bertz CT molecular complexity index is 705. The molecule has 1 aromatic carbocycles. The Labute approximate surface area is 151 Å². The van der Waals surface area contributed by atoms with Gasteiger partial charge in [0.15, 0.2) is 0 Å². The van der Waals surface area contributed by atoms with E-state index in [1.807, 2.05) is 30.2 Å². The number of aryl methyl sites for hydroxylation is 1. The van der Waals surface area contributed by atoms with Crippen molar-refractivity contribution in [1.82, 2.24) is 14.8 Å². The zero-order chi connectivity index (χ0) is 16.9. The van der Waals surface area contributed by atoms with Gasteiger partial charge in [0, 0.05) is 54.5 Å². The van der Waals surface area contributed by atoms with Crippen LogP contribution in [0.2, 0.25) is 5.02 Å². The highest BCUT2D eigenvalue weighted by molar-refractivity contribution is 7.11. The summed E-state index contributed by atoms with van der Waals surface area (Å²) in [6.45, 7) is 6.31. The number of rotatable bonds is 3. The van der Waals surface area contributed by atoms with Crippen LogP contribution in [0.3, 0.4) is 0 Å². The van der Waals surface area contributed by atoms with Crippen molar-refractivity contribution in [3.05, 3.63) is 45.4 Å². The molecule has 3 rings (SSSR count). The number of hydrogen-bond donors (Lipinski definition) is 1. The molecule has 1 saturated heterocycles. The molecule has 0 saturated carbocycles. The van der Waals surface area contributed by atoms with Crippen molar-refractivity contribution in [2.45, 2.75) is 19.9 Å². The van der Waals surface area contributed by atoms with Crippen molar-refractivity contribution in [3.8, 4) is 0 Å². The molecule has 1 aromatic heterocycles. The molecule has 1 aliphatic heterocycles. The number of benzene rings is 1. The minimum absolute atomic E-state index is 0.0623. The number of carbonyl (C=O) groups excluding carboxylic acids is 1. The second-order valence-electron chi connectivity index (χ2n) is 5.90. The number of thiazole rings is 1. The van der Waals surface area contributed by atoms with Gasteiger partial charge >= 0.3 is 6.03 Å². The number of hydrogen-bond acceptors (Lipinski definition) is 4. The van der Waals surface area contributed by atoms with Crippen molar-refractivity contribution in [2.75, 3.05) is 31.5 Å². The highest BCUT2D eigenvalue weighted by Crippen LogP contribution is 2.17. The lowest BCUT2D eigenvalue weighted by Gasteiger charge is -2.22. The summed E-state index contributed by atoms with van der Waals surface area (Å²) in [5, 5.41) is 4.64. The first-order chi connectivity index (χ1) is 11.6. The number of carbonyl (C=O) groups is 1. The van der Waals surface area contributed by atoms with E-state index in [1.165, 1.54) is 4.88 Å². The van der Waals surface area contributed by atoms with Gasteiger partial charge in [-0.05, 0) is 31.5 Å². The van der Waals surface area contributed by atoms with E-state index < -0.39 is 0 Å². The average Bonchev–Trinajstić information content (AvgIpc) is 2.81. The zero-order valence-corrected chi connectivity index (χ0v) is 15.2.